The number of alkyl carbamates (subject to hydrolysis) is 1. The highest BCUT2D eigenvalue weighted by Crippen LogP contribution is 2.56. The van der Waals surface area contributed by atoms with E-state index in [1.54, 1.807) is 0 Å². The molecule has 3 aliphatic rings. The van der Waals surface area contributed by atoms with Gasteiger partial charge in [-0.2, -0.15) is 0 Å². The van der Waals surface area contributed by atoms with E-state index >= 15 is 0 Å². The van der Waals surface area contributed by atoms with E-state index in [1.165, 1.54) is 24.1 Å². The third kappa shape index (κ3) is 8.07. The summed E-state index contributed by atoms with van der Waals surface area (Å²) in [7, 11) is 3.18. The van der Waals surface area contributed by atoms with E-state index in [0.717, 1.165) is 59.9 Å². The first kappa shape index (κ1) is 31.3. The molecule has 0 bridgehead atoms. The van der Waals surface area contributed by atoms with Crippen LogP contribution in [0.4, 0.5) is 10.6 Å². The zero-order chi connectivity index (χ0) is 30.9. The van der Waals surface area contributed by atoms with Gasteiger partial charge >= 0.3 is 6.09 Å². The number of nitrogens with zero attached hydrogens (tertiary/aromatic N) is 2. The number of benzene rings is 2. The molecular weight excluding hydrogens is 548 g/mol. The van der Waals surface area contributed by atoms with Crippen LogP contribution in [0.25, 0.3) is 18.2 Å². The van der Waals surface area contributed by atoms with Crippen molar-refractivity contribution in [2.45, 2.75) is 65.4 Å². The number of aromatic nitrogens is 2. The number of carbonyl (C=O) groups excluding carboxylic acids is 1. The molecule has 4 unspecified atom stereocenters. The van der Waals surface area contributed by atoms with Gasteiger partial charge < -0.3 is 20.1 Å². The second-order valence-corrected chi connectivity index (χ2v) is 11.8. The van der Waals surface area contributed by atoms with Gasteiger partial charge in [-0.25, -0.2) is 14.8 Å². The van der Waals surface area contributed by atoms with Gasteiger partial charge in [0.1, 0.15) is 25.3 Å². The van der Waals surface area contributed by atoms with E-state index in [1.807, 2.05) is 50.3 Å². The molecule has 2 N–H and O–H groups in total. The van der Waals surface area contributed by atoms with Crippen molar-refractivity contribution >= 4 is 30.1 Å². The van der Waals surface area contributed by atoms with E-state index in [9.17, 15) is 4.79 Å². The molecule has 1 heterocycles. The number of rotatable bonds is 10. The quantitative estimate of drug-likeness (QED) is 0.245. The fraction of sp³-hybridized carbons (Fsp3) is 0.405. The molecule has 2 saturated carbocycles. The van der Waals surface area contributed by atoms with E-state index in [4.69, 9.17) is 14.7 Å². The van der Waals surface area contributed by atoms with Crippen molar-refractivity contribution < 1.29 is 14.3 Å². The van der Waals surface area contributed by atoms with Gasteiger partial charge in [-0.1, -0.05) is 80.5 Å². The topological polar surface area (TPSA) is 85.4 Å². The number of allylic oxidation sites excluding steroid dienone is 1. The summed E-state index contributed by atoms with van der Waals surface area (Å²) in [6, 6.07) is 18.3. The number of carbonyl (C=O) groups is 1. The monoisotopic (exact) mass is 593 g/mol. The number of hydrogen-bond acceptors (Lipinski definition) is 6. The Hall–Kier alpha value is -4.13. The Morgan fingerprint density at radius 3 is 2.45 bits per heavy atom. The summed E-state index contributed by atoms with van der Waals surface area (Å²) >= 11 is 0. The molecular formula is C37H45N4O3. The van der Waals surface area contributed by atoms with Crippen LogP contribution >= 0.6 is 0 Å². The van der Waals surface area contributed by atoms with Gasteiger partial charge in [0.2, 0.25) is 0 Å². The van der Waals surface area contributed by atoms with Gasteiger partial charge in [0.15, 0.2) is 5.82 Å². The number of ether oxygens (including phenoxy) is 2. The van der Waals surface area contributed by atoms with Crippen molar-refractivity contribution in [1.29, 1.82) is 0 Å². The molecule has 3 aromatic rings. The van der Waals surface area contributed by atoms with Crippen molar-refractivity contribution in [1.82, 2.24) is 15.3 Å². The van der Waals surface area contributed by atoms with Gasteiger partial charge in [-0.05, 0) is 79.7 Å². The molecule has 2 fully saturated rings. The highest BCUT2D eigenvalue weighted by molar-refractivity contribution is 5.74. The summed E-state index contributed by atoms with van der Waals surface area (Å²) in [6.07, 6.45) is 11.6. The van der Waals surface area contributed by atoms with Gasteiger partial charge in [0.05, 0.1) is 5.69 Å². The van der Waals surface area contributed by atoms with Crippen LogP contribution in [0.15, 0.2) is 60.2 Å². The summed E-state index contributed by atoms with van der Waals surface area (Å²) in [6.45, 7) is 8.27. The van der Waals surface area contributed by atoms with Crippen molar-refractivity contribution in [2.75, 3.05) is 18.4 Å². The average Bonchev–Trinajstić information content (AvgIpc) is 3.89. The van der Waals surface area contributed by atoms with Crippen LogP contribution in [0.2, 0.25) is 0 Å². The van der Waals surface area contributed by atoms with E-state index in [0.29, 0.717) is 36.8 Å². The van der Waals surface area contributed by atoms with E-state index in [-0.39, 0.29) is 0 Å². The number of fused-ring (bicyclic) bond motifs is 3. The summed E-state index contributed by atoms with van der Waals surface area (Å²) < 4.78 is 10.4. The lowest BCUT2D eigenvalue weighted by molar-refractivity contribution is 0.177. The lowest BCUT2D eigenvalue weighted by atomic mass is 9.81. The Labute approximate surface area is 262 Å². The largest absolute Gasteiger partial charge is 0.489 e. The normalized spacial score (nSPS) is 21.6. The lowest BCUT2D eigenvalue weighted by Gasteiger charge is -2.29. The van der Waals surface area contributed by atoms with Crippen LogP contribution in [0, 0.1) is 24.9 Å². The first-order valence-corrected chi connectivity index (χ1v) is 16.0. The number of nitrogens with one attached hydrogen (secondary N) is 2. The summed E-state index contributed by atoms with van der Waals surface area (Å²) in [5, 5.41) is 6.52. The fourth-order valence-corrected chi connectivity index (χ4v) is 6.35. The summed E-state index contributed by atoms with van der Waals surface area (Å²) in [4.78, 5) is 21.5. The van der Waals surface area contributed by atoms with Crippen molar-refractivity contribution in [2.24, 2.45) is 17.8 Å². The van der Waals surface area contributed by atoms with Crippen LogP contribution in [-0.4, -0.2) is 29.2 Å². The first-order valence-electron chi connectivity index (χ1n) is 16.0. The number of anilines is 1. The first-order chi connectivity index (χ1) is 21.6. The fourth-order valence-electron chi connectivity index (χ4n) is 6.35. The third-order valence-electron chi connectivity index (χ3n) is 8.76. The summed E-state index contributed by atoms with van der Waals surface area (Å²) in [5.41, 5.74) is 5.97. The Morgan fingerprint density at radius 1 is 0.955 bits per heavy atom. The number of amides is 1. The maximum atomic E-state index is 11.5. The predicted molar refractivity (Wildman–Crippen MR) is 178 cm³/mol. The molecule has 1 radical (unpaired) electrons. The summed E-state index contributed by atoms with van der Waals surface area (Å²) in [5.74, 6) is 4.60. The van der Waals surface area contributed by atoms with Gasteiger partial charge in [0, 0.05) is 24.6 Å². The molecule has 1 aromatic heterocycles. The van der Waals surface area contributed by atoms with Crippen molar-refractivity contribution in [3.63, 3.8) is 0 Å². The van der Waals surface area contributed by atoms with Crippen molar-refractivity contribution in [3.8, 4) is 5.75 Å². The van der Waals surface area contributed by atoms with Gasteiger partial charge in [-0.15, -0.1) is 0 Å². The number of hydrogen-bond donors (Lipinski definition) is 2. The molecule has 0 aliphatic heterocycles. The Kier molecular flexibility index (Phi) is 10.7. The maximum Gasteiger partial charge on any atom is 0.407 e. The second-order valence-electron chi connectivity index (χ2n) is 11.8. The van der Waals surface area contributed by atoms with Crippen molar-refractivity contribution in [3.05, 3.63) is 95.5 Å². The van der Waals surface area contributed by atoms with Gasteiger partial charge in [-0.3, -0.25) is 0 Å². The zero-order valence-corrected chi connectivity index (χ0v) is 26.2. The lowest BCUT2D eigenvalue weighted by Crippen LogP contribution is -2.32. The minimum Gasteiger partial charge on any atom is -0.489 e. The second kappa shape index (κ2) is 15.0. The standard InChI is InChI=1S/C35H39N4O3.C2H6/c1-23-17-31-33(30-19-29(23)30)38-32(16-13-24-11-14-28(15-12-24)42-22-25-7-4-3-5-8-25)39-34(31)36-20-26-9-6-10-27(18-26)21-37-35(40)41-2;1-2/h3-5,7-8,11-17,26-27,29-30H,2,6,9-10,18-22H2,1H3,(H,37,40)(H,36,38,39);1-2H3/b16-13+;. The molecule has 1 amide bonds. The Balaban J connectivity index is 0.00000188. The third-order valence-corrected chi connectivity index (χ3v) is 8.76. The molecule has 7 nitrogen and oxygen atoms in total. The molecule has 44 heavy (non-hydrogen) atoms. The van der Waals surface area contributed by atoms with Crippen LogP contribution in [0.5, 0.6) is 5.75 Å². The molecule has 0 saturated heterocycles. The SMILES string of the molecule is CC.[CH2]OC(=O)NCC1CCCC(CNc2nc(/C=C/c3ccc(OCc4ccccc4)cc3)nc3c2C=C(C)C2CC32)C1. The molecule has 6 rings (SSSR count). The van der Waals surface area contributed by atoms with Crippen LogP contribution in [0.3, 0.4) is 0 Å². The highest BCUT2D eigenvalue weighted by atomic mass is 16.5. The average molecular weight is 594 g/mol. The molecule has 3 aliphatic carbocycles. The van der Waals surface area contributed by atoms with E-state index in [2.05, 4.69) is 65.8 Å². The minimum atomic E-state index is -0.462. The molecule has 2 aromatic carbocycles. The highest BCUT2D eigenvalue weighted by Gasteiger charge is 2.45. The minimum absolute atomic E-state index is 0.451. The Morgan fingerprint density at radius 2 is 1.70 bits per heavy atom. The smallest absolute Gasteiger partial charge is 0.407 e. The molecule has 7 heteroatoms. The predicted octanol–water partition coefficient (Wildman–Crippen LogP) is 8.51. The zero-order valence-electron chi connectivity index (χ0n) is 26.2. The van der Waals surface area contributed by atoms with Crippen LogP contribution in [0.1, 0.15) is 87.0 Å². The van der Waals surface area contributed by atoms with Crippen LogP contribution < -0.4 is 15.4 Å². The van der Waals surface area contributed by atoms with Crippen LogP contribution in [-0.2, 0) is 11.3 Å². The molecule has 4 atom stereocenters. The molecule has 231 valence electrons. The van der Waals surface area contributed by atoms with Gasteiger partial charge in [0.25, 0.3) is 0 Å². The maximum absolute atomic E-state index is 11.5. The van der Waals surface area contributed by atoms with E-state index < -0.39 is 6.09 Å². The Bertz CT molecular complexity index is 1450. The molecule has 0 spiro atoms.